The number of rotatable bonds is 4. The van der Waals surface area contributed by atoms with E-state index in [1.54, 1.807) is 32.0 Å². The highest BCUT2D eigenvalue weighted by atomic mass is 19.1. The van der Waals surface area contributed by atoms with E-state index >= 15 is 0 Å². The lowest BCUT2D eigenvalue weighted by atomic mass is 9.83. The summed E-state index contributed by atoms with van der Waals surface area (Å²) in [6, 6.07) is 6.46. The van der Waals surface area contributed by atoms with E-state index in [0.717, 1.165) is 25.7 Å². The Morgan fingerprint density at radius 3 is 2.33 bits per heavy atom. The monoisotopic (exact) mass is 332 g/mol. The van der Waals surface area contributed by atoms with E-state index in [1.165, 1.54) is 6.07 Å². The summed E-state index contributed by atoms with van der Waals surface area (Å²) >= 11 is 0. The Hall–Kier alpha value is -1.91. The van der Waals surface area contributed by atoms with Crippen molar-refractivity contribution in [2.45, 2.75) is 51.0 Å². The molecule has 2 fully saturated rings. The number of hydrogen-bond acceptors (Lipinski definition) is 2. The van der Waals surface area contributed by atoms with Gasteiger partial charge in [0.05, 0.1) is 5.41 Å². The molecule has 1 aliphatic carbocycles. The summed E-state index contributed by atoms with van der Waals surface area (Å²) in [5, 5.41) is 3.05. The molecule has 5 heteroatoms. The summed E-state index contributed by atoms with van der Waals surface area (Å²) in [7, 11) is 0. The Morgan fingerprint density at radius 2 is 1.75 bits per heavy atom. The van der Waals surface area contributed by atoms with Gasteiger partial charge in [0.2, 0.25) is 11.8 Å². The largest absolute Gasteiger partial charge is 0.352 e. The van der Waals surface area contributed by atoms with E-state index in [2.05, 4.69) is 5.32 Å². The zero-order chi connectivity index (χ0) is 17.3. The first-order chi connectivity index (χ1) is 11.4. The molecule has 1 saturated heterocycles. The van der Waals surface area contributed by atoms with Crippen LogP contribution in [0.3, 0.4) is 0 Å². The van der Waals surface area contributed by atoms with Gasteiger partial charge in [0.15, 0.2) is 0 Å². The number of benzene rings is 1. The van der Waals surface area contributed by atoms with Crippen LogP contribution in [0, 0.1) is 11.7 Å². The van der Waals surface area contributed by atoms with Crippen molar-refractivity contribution in [3.8, 4) is 0 Å². The fourth-order valence-corrected chi connectivity index (χ4v) is 3.29. The van der Waals surface area contributed by atoms with Crippen molar-refractivity contribution in [1.29, 1.82) is 0 Å². The van der Waals surface area contributed by atoms with E-state index < -0.39 is 5.41 Å². The van der Waals surface area contributed by atoms with E-state index in [4.69, 9.17) is 0 Å². The first-order valence-corrected chi connectivity index (χ1v) is 8.74. The van der Waals surface area contributed by atoms with Crippen LogP contribution in [0.5, 0.6) is 0 Å². The highest BCUT2D eigenvalue weighted by molar-refractivity contribution is 5.87. The summed E-state index contributed by atoms with van der Waals surface area (Å²) < 4.78 is 14.0. The standard InChI is InChI=1S/C19H25FN2O2/c1-19(2,15-5-3-4-6-16(15)20)18(24)21-14-9-11-22(12-10-14)17(23)13-7-8-13/h3-6,13-14H,7-12H2,1-2H3,(H,21,24). The maximum absolute atomic E-state index is 14.0. The van der Waals surface area contributed by atoms with Gasteiger partial charge in [-0.2, -0.15) is 0 Å². The molecule has 3 rings (SSSR count). The molecular formula is C19H25FN2O2. The maximum atomic E-state index is 14.0. The van der Waals surface area contributed by atoms with Gasteiger partial charge >= 0.3 is 0 Å². The van der Waals surface area contributed by atoms with Gasteiger partial charge in [-0.25, -0.2) is 4.39 Å². The normalized spacial score (nSPS) is 19.2. The molecule has 1 aromatic carbocycles. The molecule has 1 saturated carbocycles. The highest BCUT2D eigenvalue weighted by Gasteiger charge is 2.37. The molecule has 0 radical (unpaired) electrons. The van der Waals surface area contributed by atoms with Crippen LogP contribution >= 0.6 is 0 Å². The van der Waals surface area contributed by atoms with Crippen LogP contribution in [0.15, 0.2) is 24.3 Å². The molecule has 2 amide bonds. The van der Waals surface area contributed by atoms with E-state index in [1.807, 2.05) is 4.90 Å². The number of nitrogens with zero attached hydrogens (tertiary/aromatic N) is 1. The number of nitrogens with one attached hydrogen (secondary N) is 1. The molecule has 4 nitrogen and oxygen atoms in total. The van der Waals surface area contributed by atoms with Gasteiger partial charge in [-0.3, -0.25) is 9.59 Å². The highest BCUT2D eigenvalue weighted by Crippen LogP contribution is 2.32. The zero-order valence-corrected chi connectivity index (χ0v) is 14.3. The fraction of sp³-hybridized carbons (Fsp3) is 0.579. The van der Waals surface area contributed by atoms with Gasteiger partial charge in [0.1, 0.15) is 5.82 Å². The zero-order valence-electron chi connectivity index (χ0n) is 14.3. The topological polar surface area (TPSA) is 49.4 Å². The number of piperidine rings is 1. The summed E-state index contributed by atoms with van der Waals surface area (Å²) in [6.45, 7) is 4.87. The molecular weight excluding hydrogens is 307 g/mol. The predicted octanol–water partition coefficient (Wildman–Crippen LogP) is 2.62. The molecule has 0 atom stereocenters. The average Bonchev–Trinajstić information content (AvgIpc) is 3.40. The molecule has 0 unspecified atom stereocenters. The maximum Gasteiger partial charge on any atom is 0.230 e. The number of carbonyl (C=O) groups is 2. The molecule has 0 aromatic heterocycles. The van der Waals surface area contributed by atoms with Gasteiger partial charge in [0, 0.05) is 30.6 Å². The van der Waals surface area contributed by atoms with Gasteiger partial charge in [-0.1, -0.05) is 18.2 Å². The summed E-state index contributed by atoms with van der Waals surface area (Å²) in [6.07, 6.45) is 3.56. The third-order valence-electron chi connectivity index (χ3n) is 5.18. The number of likely N-dealkylation sites (tertiary alicyclic amines) is 1. The van der Waals surface area contributed by atoms with Gasteiger partial charge in [0.25, 0.3) is 0 Å². The fourth-order valence-electron chi connectivity index (χ4n) is 3.29. The summed E-state index contributed by atoms with van der Waals surface area (Å²) in [4.78, 5) is 26.6. The lowest BCUT2D eigenvalue weighted by Crippen LogP contribution is -2.50. The Labute approximate surface area is 142 Å². The number of hydrogen-bond donors (Lipinski definition) is 1. The second kappa shape index (κ2) is 6.54. The van der Waals surface area contributed by atoms with Crippen LogP contribution in [-0.2, 0) is 15.0 Å². The van der Waals surface area contributed by atoms with Crippen LogP contribution < -0.4 is 5.32 Å². The third kappa shape index (κ3) is 3.45. The lowest BCUT2D eigenvalue weighted by Gasteiger charge is -2.34. The Morgan fingerprint density at radius 1 is 1.12 bits per heavy atom. The number of amides is 2. The van der Waals surface area contributed by atoms with Gasteiger partial charge < -0.3 is 10.2 Å². The second-order valence-electron chi connectivity index (χ2n) is 7.45. The lowest BCUT2D eigenvalue weighted by molar-refractivity contribution is -0.133. The Kier molecular flexibility index (Phi) is 4.61. The smallest absolute Gasteiger partial charge is 0.230 e. The second-order valence-corrected chi connectivity index (χ2v) is 7.45. The van der Waals surface area contributed by atoms with Crippen LogP contribution in [0.25, 0.3) is 0 Å². The minimum atomic E-state index is -0.924. The van der Waals surface area contributed by atoms with E-state index in [0.29, 0.717) is 18.7 Å². The molecule has 1 aromatic rings. The van der Waals surface area contributed by atoms with Crippen LogP contribution in [-0.4, -0.2) is 35.8 Å². The summed E-state index contributed by atoms with van der Waals surface area (Å²) in [5.74, 6) is -0.00957. The molecule has 1 heterocycles. The quantitative estimate of drug-likeness (QED) is 0.921. The van der Waals surface area contributed by atoms with Crippen LogP contribution in [0.4, 0.5) is 4.39 Å². The van der Waals surface area contributed by atoms with E-state index in [9.17, 15) is 14.0 Å². The predicted molar refractivity (Wildman–Crippen MR) is 89.9 cm³/mol. The summed E-state index contributed by atoms with van der Waals surface area (Å²) in [5.41, 5.74) is -0.518. The van der Waals surface area contributed by atoms with Crippen molar-refractivity contribution >= 4 is 11.8 Å². The first kappa shape index (κ1) is 16.9. The van der Waals surface area contributed by atoms with Crippen molar-refractivity contribution in [2.75, 3.05) is 13.1 Å². The number of halogens is 1. The first-order valence-electron chi connectivity index (χ1n) is 8.74. The molecule has 2 aliphatic rings. The van der Waals surface area contributed by atoms with Gasteiger partial charge in [-0.05, 0) is 45.6 Å². The van der Waals surface area contributed by atoms with Crippen LogP contribution in [0.1, 0.15) is 45.1 Å². The molecule has 130 valence electrons. The number of carbonyl (C=O) groups excluding carboxylic acids is 2. The van der Waals surface area contributed by atoms with Crippen LogP contribution in [0.2, 0.25) is 0 Å². The molecule has 24 heavy (non-hydrogen) atoms. The van der Waals surface area contributed by atoms with Crippen molar-refractivity contribution in [3.05, 3.63) is 35.6 Å². The van der Waals surface area contributed by atoms with Crippen molar-refractivity contribution in [2.24, 2.45) is 5.92 Å². The minimum Gasteiger partial charge on any atom is -0.352 e. The SMILES string of the molecule is CC(C)(C(=O)NC1CCN(C(=O)C2CC2)CC1)c1ccccc1F. The van der Waals surface area contributed by atoms with Crippen molar-refractivity contribution in [3.63, 3.8) is 0 Å². The third-order valence-corrected chi connectivity index (χ3v) is 5.18. The Balaban J connectivity index is 1.57. The van der Waals surface area contributed by atoms with Gasteiger partial charge in [-0.15, -0.1) is 0 Å². The molecule has 0 spiro atoms. The molecule has 1 N–H and O–H groups in total. The minimum absolute atomic E-state index is 0.0480. The van der Waals surface area contributed by atoms with Crippen molar-refractivity contribution in [1.82, 2.24) is 10.2 Å². The molecule has 1 aliphatic heterocycles. The average molecular weight is 332 g/mol. The Bertz CT molecular complexity index is 632. The molecule has 0 bridgehead atoms. The van der Waals surface area contributed by atoms with Crippen molar-refractivity contribution < 1.29 is 14.0 Å². The van der Waals surface area contributed by atoms with E-state index in [-0.39, 0.29) is 29.6 Å².